The molecule has 0 bridgehead atoms. The minimum Gasteiger partial charge on any atom is -0.478 e. The van der Waals surface area contributed by atoms with Gasteiger partial charge in [0.25, 0.3) is 0 Å². The van der Waals surface area contributed by atoms with Gasteiger partial charge in [0.15, 0.2) is 0 Å². The largest absolute Gasteiger partial charge is 0.478 e. The molecule has 6 heteroatoms. The van der Waals surface area contributed by atoms with Gasteiger partial charge < -0.3 is 15.6 Å². The number of rotatable bonds is 3. The summed E-state index contributed by atoms with van der Waals surface area (Å²) in [5.41, 5.74) is 5.98. The van der Waals surface area contributed by atoms with E-state index in [-0.39, 0.29) is 0 Å². The minimum absolute atomic E-state index is 0.294. The van der Waals surface area contributed by atoms with Gasteiger partial charge in [0.1, 0.15) is 0 Å². The average Bonchev–Trinajstić information content (AvgIpc) is 2.55. The van der Waals surface area contributed by atoms with Crippen molar-refractivity contribution in [3.8, 4) is 0 Å². The third-order valence-corrected chi connectivity index (χ3v) is 2.59. The van der Waals surface area contributed by atoms with Crippen LogP contribution in [0, 0.1) is 0 Å². The van der Waals surface area contributed by atoms with Crippen LogP contribution in [0.5, 0.6) is 0 Å². The predicted octanol–water partition coefficient (Wildman–Crippen LogP) is 1.96. The molecule has 0 spiro atoms. The number of carboxylic acid groups (broad SMARTS) is 1. The van der Waals surface area contributed by atoms with Crippen molar-refractivity contribution in [2.24, 2.45) is 5.73 Å². The molecule has 0 heterocycles. The molecule has 22 heavy (non-hydrogen) atoms. The quantitative estimate of drug-likeness (QED) is 0.843. The van der Waals surface area contributed by atoms with Crippen molar-refractivity contribution in [2.45, 2.75) is 0 Å². The van der Waals surface area contributed by atoms with Crippen molar-refractivity contribution in [3.05, 3.63) is 71.3 Å². The van der Waals surface area contributed by atoms with Crippen molar-refractivity contribution in [3.63, 3.8) is 0 Å². The lowest BCUT2D eigenvalue weighted by Crippen LogP contribution is -2.12. The Balaban J connectivity index is 0.000000235. The standard InChI is InChI=1S/C9H9NO3.C7H6O2/c1-13-9(12)7-4-2-3-6(5-7)8(10)11;8-7(9)6-4-2-1-3-5-6/h2-5H,1H3,(H2,10,11);1-5H,(H,8,9). The number of methoxy groups -OCH3 is 1. The van der Waals surface area contributed by atoms with Gasteiger partial charge in [0.2, 0.25) is 5.91 Å². The third kappa shape index (κ3) is 5.09. The molecule has 0 radical (unpaired) electrons. The van der Waals surface area contributed by atoms with E-state index in [1.165, 1.54) is 19.2 Å². The molecular weight excluding hydrogens is 286 g/mol. The number of carbonyl (C=O) groups excluding carboxylic acids is 2. The topological polar surface area (TPSA) is 107 Å². The number of benzene rings is 2. The van der Waals surface area contributed by atoms with Gasteiger partial charge in [-0.15, -0.1) is 0 Å². The lowest BCUT2D eigenvalue weighted by Gasteiger charge is -1.99. The number of aromatic carboxylic acids is 1. The first-order valence-corrected chi connectivity index (χ1v) is 6.22. The predicted molar refractivity (Wildman–Crippen MR) is 79.7 cm³/mol. The van der Waals surface area contributed by atoms with Crippen LogP contribution < -0.4 is 5.73 Å². The van der Waals surface area contributed by atoms with Crippen LogP contribution in [-0.2, 0) is 4.74 Å². The Bertz CT molecular complexity index is 667. The maximum atomic E-state index is 11.0. The summed E-state index contributed by atoms with van der Waals surface area (Å²) in [6.07, 6.45) is 0. The Kier molecular flexibility index (Phi) is 6.31. The molecule has 2 aromatic rings. The molecule has 6 nitrogen and oxygen atoms in total. The van der Waals surface area contributed by atoms with Crippen LogP contribution in [0.1, 0.15) is 31.1 Å². The zero-order valence-corrected chi connectivity index (χ0v) is 11.9. The molecular formula is C16H15NO5. The molecule has 0 unspecified atom stereocenters. The maximum Gasteiger partial charge on any atom is 0.337 e. The number of hydrogen-bond acceptors (Lipinski definition) is 4. The first-order chi connectivity index (χ1) is 10.5. The van der Waals surface area contributed by atoms with Crippen LogP contribution in [0.4, 0.5) is 0 Å². The molecule has 0 saturated carbocycles. The second kappa shape index (κ2) is 8.21. The van der Waals surface area contributed by atoms with E-state index in [2.05, 4.69) is 4.74 Å². The Morgan fingerprint density at radius 1 is 0.909 bits per heavy atom. The summed E-state index contributed by atoms with van der Waals surface area (Å²) in [7, 11) is 1.28. The van der Waals surface area contributed by atoms with Gasteiger partial charge in [0, 0.05) is 5.56 Å². The van der Waals surface area contributed by atoms with Gasteiger partial charge in [0.05, 0.1) is 18.2 Å². The summed E-state index contributed by atoms with van der Waals surface area (Å²) in [4.78, 5) is 31.9. The summed E-state index contributed by atoms with van der Waals surface area (Å²) in [5, 5.41) is 8.38. The van der Waals surface area contributed by atoms with Gasteiger partial charge in [-0.3, -0.25) is 4.79 Å². The van der Waals surface area contributed by atoms with Gasteiger partial charge in [-0.1, -0.05) is 24.3 Å². The van der Waals surface area contributed by atoms with Gasteiger partial charge in [-0.05, 0) is 30.3 Å². The summed E-state index contributed by atoms with van der Waals surface area (Å²) in [6.45, 7) is 0. The van der Waals surface area contributed by atoms with Crippen molar-refractivity contribution < 1.29 is 24.2 Å². The van der Waals surface area contributed by atoms with Crippen molar-refractivity contribution >= 4 is 17.8 Å². The molecule has 0 saturated heterocycles. The molecule has 0 aliphatic carbocycles. The highest BCUT2D eigenvalue weighted by atomic mass is 16.5. The second-order valence-corrected chi connectivity index (χ2v) is 4.11. The number of amides is 1. The number of hydrogen-bond donors (Lipinski definition) is 2. The van der Waals surface area contributed by atoms with E-state index in [0.717, 1.165) is 0 Å². The molecule has 2 rings (SSSR count). The summed E-state index contributed by atoms with van der Waals surface area (Å²) in [5.74, 6) is -1.93. The summed E-state index contributed by atoms with van der Waals surface area (Å²) >= 11 is 0. The molecule has 0 aliphatic heterocycles. The van der Waals surface area contributed by atoms with E-state index < -0.39 is 17.8 Å². The van der Waals surface area contributed by atoms with Crippen LogP contribution in [0.3, 0.4) is 0 Å². The van der Waals surface area contributed by atoms with Gasteiger partial charge in [-0.2, -0.15) is 0 Å². The molecule has 114 valence electrons. The highest BCUT2D eigenvalue weighted by Gasteiger charge is 2.07. The van der Waals surface area contributed by atoms with E-state index >= 15 is 0 Å². The van der Waals surface area contributed by atoms with Crippen LogP contribution in [-0.4, -0.2) is 30.1 Å². The average molecular weight is 301 g/mol. The number of nitrogens with two attached hydrogens (primary N) is 1. The van der Waals surface area contributed by atoms with Crippen LogP contribution in [0.15, 0.2) is 54.6 Å². The normalized spacial score (nSPS) is 9.14. The molecule has 2 aromatic carbocycles. The van der Waals surface area contributed by atoms with Crippen LogP contribution in [0.2, 0.25) is 0 Å². The zero-order chi connectivity index (χ0) is 16.5. The van der Waals surface area contributed by atoms with E-state index in [1.54, 1.807) is 42.5 Å². The molecule has 0 atom stereocenters. The minimum atomic E-state index is -0.879. The number of esters is 1. The van der Waals surface area contributed by atoms with Gasteiger partial charge in [-0.25, -0.2) is 9.59 Å². The lowest BCUT2D eigenvalue weighted by atomic mass is 10.1. The fourth-order valence-corrected chi connectivity index (χ4v) is 1.50. The van der Waals surface area contributed by atoms with Crippen LogP contribution in [0.25, 0.3) is 0 Å². The molecule has 0 aliphatic rings. The first kappa shape index (κ1) is 16.9. The van der Waals surface area contributed by atoms with E-state index in [1.807, 2.05) is 0 Å². The smallest absolute Gasteiger partial charge is 0.337 e. The number of carboxylic acids is 1. The summed E-state index contributed by atoms with van der Waals surface area (Å²) in [6, 6.07) is 14.4. The monoisotopic (exact) mass is 301 g/mol. The number of ether oxygens (including phenoxy) is 1. The third-order valence-electron chi connectivity index (χ3n) is 2.59. The highest BCUT2D eigenvalue weighted by Crippen LogP contribution is 2.05. The second-order valence-electron chi connectivity index (χ2n) is 4.11. The fourth-order valence-electron chi connectivity index (χ4n) is 1.50. The Morgan fingerprint density at radius 3 is 1.91 bits per heavy atom. The van der Waals surface area contributed by atoms with Crippen molar-refractivity contribution in [1.82, 2.24) is 0 Å². The molecule has 3 N–H and O–H groups in total. The van der Waals surface area contributed by atoms with Crippen molar-refractivity contribution in [2.75, 3.05) is 7.11 Å². The van der Waals surface area contributed by atoms with Crippen molar-refractivity contribution in [1.29, 1.82) is 0 Å². The SMILES string of the molecule is COC(=O)c1cccc(C(N)=O)c1.O=C(O)c1ccccc1. The van der Waals surface area contributed by atoms with E-state index in [4.69, 9.17) is 10.8 Å². The van der Waals surface area contributed by atoms with E-state index in [9.17, 15) is 14.4 Å². The zero-order valence-electron chi connectivity index (χ0n) is 11.9. The fraction of sp³-hybridized carbons (Fsp3) is 0.0625. The molecule has 1 amide bonds. The molecule has 0 fully saturated rings. The highest BCUT2D eigenvalue weighted by molar-refractivity contribution is 5.96. The number of carbonyl (C=O) groups is 3. The van der Waals surface area contributed by atoms with Crippen LogP contribution >= 0.6 is 0 Å². The lowest BCUT2D eigenvalue weighted by molar-refractivity contribution is 0.0599. The maximum absolute atomic E-state index is 11.0. The Morgan fingerprint density at radius 2 is 1.45 bits per heavy atom. The Labute approximate surface area is 127 Å². The first-order valence-electron chi connectivity index (χ1n) is 6.22. The van der Waals surface area contributed by atoms with Gasteiger partial charge >= 0.3 is 11.9 Å². The van der Waals surface area contributed by atoms with E-state index in [0.29, 0.717) is 16.7 Å². The number of primary amides is 1. The molecule has 0 aromatic heterocycles. The Hall–Kier alpha value is -3.15. The summed E-state index contributed by atoms with van der Waals surface area (Å²) < 4.78 is 4.48.